The fourth-order valence-electron chi connectivity index (χ4n) is 6.06. The molecule has 0 atom stereocenters. The zero-order valence-electron chi connectivity index (χ0n) is 27.0. The number of pyridine rings is 1. The number of aromatic nitrogens is 3. The molecule has 0 aliphatic rings. The molecular weight excluding hydrogens is 734 g/mol. The number of hydrogen-bond donors (Lipinski definition) is 1. The van der Waals surface area contributed by atoms with Crippen LogP contribution >= 0.6 is 0 Å². The van der Waals surface area contributed by atoms with Crippen molar-refractivity contribution in [2.75, 3.05) is 0 Å². The molecule has 6 aromatic rings. The molecule has 6 rings (SSSR count). The molecule has 0 fully saturated rings. The molecule has 2 heterocycles. The van der Waals surface area contributed by atoms with Crippen LogP contribution in [0, 0.1) is 25.8 Å². The summed E-state index contributed by atoms with van der Waals surface area (Å²) >= 11 is 0. The molecule has 0 bridgehead atoms. The van der Waals surface area contributed by atoms with Crippen molar-refractivity contribution in [3.05, 3.63) is 119 Å². The molecule has 0 aliphatic heterocycles. The van der Waals surface area contributed by atoms with Gasteiger partial charge in [0.25, 0.3) is 0 Å². The van der Waals surface area contributed by atoms with Crippen molar-refractivity contribution in [1.29, 1.82) is 0 Å². The van der Waals surface area contributed by atoms with Crippen LogP contribution in [0.3, 0.4) is 0 Å². The van der Waals surface area contributed by atoms with Crippen LogP contribution in [0.5, 0.6) is 5.75 Å². The zero-order chi connectivity index (χ0) is 31.2. The van der Waals surface area contributed by atoms with Gasteiger partial charge in [-0.3, -0.25) is 9.55 Å². The number of phenolic OH excluding ortho intramolecular Hbond substituents is 1. The SMILES string of the molecule is Cc1cccc(C)c1-n1c(-c2cc(C(C)(C)C)ccc2O)nc2c(-c3[c-]c(-c4cc(CC(C)C)ccn4)ccc3)cccc21.[Pt]. The van der Waals surface area contributed by atoms with Gasteiger partial charge in [-0.1, -0.05) is 93.8 Å². The van der Waals surface area contributed by atoms with Crippen LogP contribution in [-0.4, -0.2) is 19.6 Å². The molecule has 232 valence electrons. The number of nitrogens with zero attached hydrogens (tertiary/aromatic N) is 3. The summed E-state index contributed by atoms with van der Waals surface area (Å²) in [6.07, 6.45) is 2.90. The van der Waals surface area contributed by atoms with Gasteiger partial charge in [-0.25, -0.2) is 4.98 Å². The van der Waals surface area contributed by atoms with Crippen LogP contribution in [-0.2, 0) is 32.9 Å². The number of para-hydroxylation sites is 2. The quantitative estimate of drug-likeness (QED) is 0.172. The number of rotatable bonds is 6. The Bertz CT molecular complexity index is 1980. The Hall–Kier alpha value is -4.01. The van der Waals surface area contributed by atoms with Crippen molar-refractivity contribution in [1.82, 2.24) is 14.5 Å². The first-order chi connectivity index (χ1) is 21.0. The van der Waals surface area contributed by atoms with Gasteiger partial charge < -0.3 is 5.11 Å². The summed E-state index contributed by atoms with van der Waals surface area (Å²) in [6, 6.07) is 32.7. The average molecular weight is 774 g/mol. The number of aromatic hydroxyl groups is 1. The van der Waals surface area contributed by atoms with Crippen molar-refractivity contribution in [3.8, 4) is 45.2 Å². The maximum Gasteiger partial charge on any atom is 0.148 e. The number of aryl methyl sites for hydroxylation is 2. The van der Waals surface area contributed by atoms with Crippen LogP contribution in [0.1, 0.15) is 56.9 Å². The van der Waals surface area contributed by atoms with Crippen molar-refractivity contribution < 1.29 is 26.2 Å². The van der Waals surface area contributed by atoms with E-state index in [0.29, 0.717) is 17.3 Å². The number of phenols is 1. The van der Waals surface area contributed by atoms with Crippen LogP contribution in [0.15, 0.2) is 91.1 Å². The van der Waals surface area contributed by atoms with E-state index >= 15 is 0 Å². The minimum atomic E-state index is -0.0844. The maximum absolute atomic E-state index is 11.2. The Morgan fingerprint density at radius 2 is 1.51 bits per heavy atom. The normalized spacial score (nSPS) is 11.6. The van der Waals surface area contributed by atoms with Crippen LogP contribution in [0.25, 0.3) is 50.5 Å². The second kappa shape index (κ2) is 12.8. The van der Waals surface area contributed by atoms with E-state index in [2.05, 4.69) is 137 Å². The minimum absolute atomic E-state index is 0. The smallest absolute Gasteiger partial charge is 0.148 e. The molecule has 4 aromatic carbocycles. The Kier molecular flexibility index (Phi) is 9.19. The predicted molar refractivity (Wildman–Crippen MR) is 182 cm³/mol. The Morgan fingerprint density at radius 1 is 0.822 bits per heavy atom. The molecule has 1 N–H and O–H groups in total. The average Bonchev–Trinajstić information content (AvgIpc) is 3.36. The summed E-state index contributed by atoms with van der Waals surface area (Å²) in [6.45, 7) is 15.3. The first-order valence-corrected chi connectivity index (χ1v) is 15.4. The van der Waals surface area contributed by atoms with Crippen molar-refractivity contribution in [2.24, 2.45) is 5.92 Å². The summed E-state index contributed by atoms with van der Waals surface area (Å²) < 4.78 is 2.21. The topological polar surface area (TPSA) is 50.9 Å². The van der Waals surface area contributed by atoms with Crippen molar-refractivity contribution in [2.45, 2.75) is 60.3 Å². The molecular formula is C40H40N3OPt-. The van der Waals surface area contributed by atoms with Crippen LogP contribution in [0.2, 0.25) is 0 Å². The molecule has 0 spiro atoms. The predicted octanol–water partition coefficient (Wildman–Crippen LogP) is 10.0. The molecule has 0 aliphatic carbocycles. The molecule has 0 radical (unpaired) electrons. The van der Waals surface area contributed by atoms with E-state index in [1.165, 1.54) is 5.56 Å². The summed E-state index contributed by atoms with van der Waals surface area (Å²) in [5, 5.41) is 11.2. The van der Waals surface area contributed by atoms with Crippen molar-refractivity contribution >= 4 is 11.0 Å². The Balaban J connectivity index is 0.00000400. The van der Waals surface area contributed by atoms with Gasteiger partial charge in [-0.05, 0) is 72.6 Å². The van der Waals surface area contributed by atoms with E-state index in [4.69, 9.17) is 4.98 Å². The van der Waals surface area contributed by atoms with Gasteiger partial charge in [0.15, 0.2) is 0 Å². The Morgan fingerprint density at radius 3 is 2.22 bits per heavy atom. The first-order valence-electron chi connectivity index (χ1n) is 15.4. The molecule has 45 heavy (non-hydrogen) atoms. The summed E-state index contributed by atoms with van der Waals surface area (Å²) in [4.78, 5) is 10.0. The van der Waals surface area contributed by atoms with E-state index in [1.54, 1.807) is 6.07 Å². The second-order valence-corrected chi connectivity index (χ2v) is 13.3. The van der Waals surface area contributed by atoms with Gasteiger partial charge in [0.1, 0.15) is 11.6 Å². The summed E-state index contributed by atoms with van der Waals surface area (Å²) in [5.74, 6) is 1.50. The van der Waals surface area contributed by atoms with Gasteiger partial charge in [0, 0.05) is 33.0 Å². The monoisotopic (exact) mass is 773 g/mol. The number of benzene rings is 4. The molecule has 0 unspecified atom stereocenters. The Labute approximate surface area is 281 Å². The van der Waals surface area contributed by atoms with Gasteiger partial charge >= 0.3 is 0 Å². The third-order valence-electron chi connectivity index (χ3n) is 8.28. The van der Waals surface area contributed by atoms with E-state index in [9.17, 15) is 5.11 Å². The van der Waals surface area contributed by atoms with Crippen LogP contribution in [0.4, 0.5) is 0 Å². The molecule has 4 nitrogen and oxygen atoms in total. The van der Waals surface area contributed by atoms with Crippen LogP contribution < -0.4 is 0 Å². The van der Waals surface area contributed by atoms with E-state index in [0.717, 1.165) is 62.2 Å². The molecule has 0 saturated carbocycles. The molecule has 5 heteroatoms. The van der Waals surface area contributed by atoms with Gasteiger partial charge in [-0.15, -0.1) is 29.8 Å². The minimum Gasteiger partial charge on any atom is -0.507 e. The maximum atomic E-state index is 11.2. The van der Waals surface area contributed by atoms with E-state index in [-0.39, 0.29) is 32.2 Å². The molecule has 0 amide bonds. The summed E-state index contributed by atoms with van der Waals surface area (Å²) in [7, 11) is 0. The zero-order valence-corrected chi connectivity index (χ0v) is 29.3. The van der Waals surface area contributed by atoms with Gasteiger partial charge in [0.2, 0.25) is 0 Å². The largest absolute Gasteiger partial charge is 0.507 e. The third kappa shape index (κ3) is 6.40. The van der Waals surface area contributed by atoms with E-state index < -0.39 is 0 Å². The first kappa shape index (κ1) is 32.4. The third-order valence-corrected chi connectivity index (χ3v) is 8.28. The second-order valence-electron chi connectivity index (χ2n) is 13.3. The van der Waals surface area contributed by atoms with Gasteiger partial charge in [0.05, 0.1) is 22.3 Å². The van der Waals surface area contributed by atoms with E-state index in [1.807, 2.05) is 12.3 Å². The number of fused-ring (bicyclic) bond motifs is 1. The van der Waals surface area contributed by atoms with Gasteiger partial charge in [-0.2, -0.15) is 0 Å². The van der Waals surface area contributed by atoms with Crippen molar-refractivity contribution in [3.63, 3.8) is 0 Å². The fraction of sp³-hybridized carbons (Fsp3) is 0.250. The molecule has 0 saturated heterocycles. The standard InChI is InChI=1S/C40H40N3O.Pt/c1-25(2)21-28-19-20-41-34(22-28)30-14-9-13-29(23-30)32-15-10-16-35-37(32)42-39(43(35)38-26(3)11-8-12-27(38)4)33-24-31(40(5,6)7)17-18-36(33)44;/h8-20,22,24-25,44H,21H2,1-7H3;/q-1;. The molecule has 2 aromatic heterocycles. The summed E-state index contributed by atoms with van der Waals surface area (Å²) in [5.41, 5.74) is 12.1. The number of hydrogen-bond acceptors (Lipinski definition) is 3. The number of imidazole rings is 1. The fourth-order valence-corrected chi connectivity index (χ4v) is 6.06.